The minimum absolute atomic E-state index is 0.200. The largest absolute Gasteiger partial charge is 0.348 e. The summed E-state index contributed by atoms with van der Waals surface area (Å²) < 4.78 is 22.0. The summed E-state index contributed by atoms with van der Waals surface area (Å²) in [6, 6.07) is 10.4. The van der Waals surface area contributed by atoms with Crippen molar-refractivity contribution in [3.05, 3.63) is 65.0 Å². The van der Waals surface area contributed by atoms with Crippen molar-refractivity contribution >= 4 is 15.9 Å². The molecule has 0 radical (unpaired) electrons. The molecule has 0 atom stereocenters. The van der Waals surface area contributed by atoms with Crippen LogP contribution in [0.3, 0.4) is 0 Å². The molecule has 6 nitrogen and oxygen atoms in total. The zero-order chi connectivity index (χ0) is 16.2. The minimum atomic E-state index is -3.53. The molecule has 1 heterocycles. The first-order chi connectivity index (χ1) is 10.3. The summed E-state index contributed by atoms with van der Waals surface area (Å²) in [4.78, 5) is 16.0. The molecule has 0 spiro atoms. The summed E-state index contributed by atoms with van der Waals surface area (Å²) in [5.41, 5.74) is 2.82. The Morgan fingerprint density at radius 1 is 1.14 bits per heavy atom. The molecule has 1 aromatic carbocycles. The van der Waals surface area contributed by atoms with Crippen LogP contribution < -0.4 is 10.5 Å². The van der Waals surface area contributed by atoms with Gasteiger partial charge >= 0.3 is 0 Å². The number of hydrogen-bond donors (Lipinski definition) is 2. The van der Waals surface area contributed by atoms with Crippen LogP contribution in [0.5, 0.6) is 0 Å². The van der Waals surface area contributed by atoms with Gasteiger partial charge in [-0.15, -0.1) is 0 Å². The van der Waals surface area contributed by atoms with Crippen LogP contribution >= 0.6 is 0 Å². The van der Waals surface area contributed by atoms with Gasteiger partial charge in [0.1, 0.15) is 0 Å². The molecule has 0 saturated carbocycles. The predicted octanol–water partition coefficient (Wildman–Crippen LogP) is 1.11. The molecule has 0 unspecified atom stereocenters. The molecular formula is C15H17N3O3S. The van der Waals surface area contributed by atoms with Gasteiger partial charge in [-0.1, -0.05) is 24.3 Å². The summed E-state index contributed by atoms with van der Waals surface area (Å²) in [6.45, 7) is 2.20. The molecule has 116 valence electrons. The van der Waals surface area contributed by atoms with Crippen molar-refractivity contribution < 1.29 is 13.2 Å². The number of primary sulfonamides is 1. The number of aryl methyl sites for hydroxylation is 1. The second-order valence-electron chi connectivity index (χ2n) is 4.99. The van der Waals surface area contributed by atoms with E-state index in [-0.39, 0.29) is 11.7 Å². The first-order valence-corrected chi connectivity index (χ1v) is 8.34. The van der Waals surface area contributed by atoms with Gasteiger partial charge in [0, 0.05) is 18.4 Å². The molecule has 3 N–H and O–H groups in total. The number of pyridine rings is 1. The summed E-state index contributed by atoms with van der Waals surface area (Å²) >= 11 is 0. The van der Waals surface area contributed by atoms with Gasteiger partial charge in [-0.05, 0) is 30.2 Å². The fourth-order valence-corrected chi connectivity index (χ4v) is 2.53. The first-order valence-electron chi connectivity index (χ1n) is 6.63. The molecule has 0 fully saturated rings. The zero-order valence-corrected chi connectivity index (χ0v) is 12.9. The standard InChI is InChI=1S/C15H17N3O3S/c1-11-2-7-14(9-17-11)15(19)18-8-12-3-5-13(6-4-12)10-22(16,20)21/h2-7,9H,8,10H2,1H3,(H,18,19)(H2,16,20,21). The van der Waals surface area contributed by atoms with E-state index in [4.69, 9.17) is 5.14 Å². The quantitative estimate of drug-likeness (QED) is 0.861. The number of amides is 1. The van der Waals surface area contributed by atoms with E-state index < -0.39 is 10.0 Å². The maximum absolute atomic E-state index is 11.9. The Balaban J connectivity index is 1.94. The predicted molar refractivity (Wildman–Crippen MR) is 83.4 cm³/mol. The van der Waals surface area contributed by atoms with E-state index in [1.54, 1.807) is 36.4 Å². The van der Waals surface area contributed by atoms with Crippen molar-refractivity contribution in [1.82, 2.24) is 10.3 Å². The lowest BCUT2D eigenvalue weighted by Gasteiger charge is -2.06. The van der Waals surface area contributed by atoms with Crippen molar-refractivity contribution in [2.75, 3.05) is 0 Å². The summed E-state index contributed by atoms with van der Waals surface area (Å²) in [5, 5.41) is 7.77. The second kappa shape index (κ2) is 6.67. The van der Waals surface area contributed by atoms with Gasteiger partial charge in [-0.3, -0.25) is 9.78 Å². The Morgan fingerprint density at radius 3 is 2.32 bits per heavy atom. The summed E-state index contributed by atoms with van der Waals surface area (Å²) in [5.74, 6) is -0.407. The van der Waals surface area contributed by atoms with Gasteiger partial charge < -0.3 is 5.32 Å². The summed E-state index contributed by atoms with van der Waals surface area (Å²) in [6.07, 6.45) is 1.53. The minimum Gasteiger partial charge on any atom is -0.348 e. The van der Waals surface area contributed by atoms with Crippen LogP contribution in [0.25, 0.3) is 0 Å². The number of nitrogens with zero attached hydrogens (tertiary/aromatic N) is 1. The van der Waals surface area contributed by atoms with E-state index in [0.29, 0.717) is 17.7 Å². The third kappa shape index (κ3) is 4.94. The van der Waals surface area contributed by atoms with Gasteiger partial charge in [0.15, 0.2) is 0 Å². The molecule has 0 aliphatic heterocycles. The maximum Gasteiger partial charge on any atom is 0.253 e. The number of hydrogen-bond acceptors (Lipinski definition) is 4. The van der Waals surface area contributed by atoms with Crippen molar-refractivity contribution in [1.29, 1.82) is 0 Å². The highest BCUT2D eigenvalue weighted by molar-refractivity contribution is 7.88. The molecule has 0 aliphatic carbocycles. The van der Waals surface area contributed by atoms with Crippen LogP contribution in [-0.2, 0) is 22.3 Å². The Hall–Kier alpha value is -2.25. The first kappa shape index (κ1) is 16.1. The Morgan fingerprint density at radius 2 is 1.77 bits per heavy atom. The van der Waals surface area contributed by atoms with E-state index in [1.165, 1.54) is 6.20 Å². The molecule has 0 bridgehead atoms. The van der Waals surface area contributed by atoms with Crippen LogP contribution in [0.1, 0.15) is 27.2 Å². The number of sulfonamides is 1. The van der Waals surface area contributed by atoms with Gasteiger partial charge in [0.25, 0.3) is 5.91 Å². The normalized spacial score (nSPS) is 11.2. The van der Waals surface area contributed by atoms with Gasteiger partial charge in [-0.25, -0.2) is 13.6 Å². The average molecular weight is 319 g/mol. The topological polar surface area (TPSA) is 102 Å². The number of carbonyl (C=O) groups is 1. The Bertz CT molecular complexity index is 754. The fraction of sp³-hybridized carbons (Fsp3) is 0.200. The van der Waals surface area contributed by atoms with E-state index in [1.807, 2.05) is 6.92 Å². The van der Waals surface area contributed by atoms with Crippen LogP contribution in [0.4, 0.5) is 0 Å². The number of nitrogens with one attached hydrogen (secondary N) is 1. The highest BCUT2D eigenvalue weighted by Gasteiger charge is 2.07. The number of carbonyl (C=O) groups excluding carboxylic acids is 1. The van der Waals surface area contributed by atoms with Crippen LogP contribution in [-0.4, -0.2) is 19.3 Å². The smallest absolute Gasteiger partial charge is 0.253 e. The van der Waals surface area contributed by atoms with Crippen LogP contribution in [0.15, 0.2) is 42.6 Å². The molecule has 2 rings (SSSR count). The third-order valence-corrected chi connectivity index (χ3v) is 3.75. The van der Waals surface area contributed by atoms with E-state index in [2.05, 4.69) is 10.3 Å². The van der Waals surface area contributed by atoms with E-state index in [0.717, 1.165) is 11.3 Å². The fourth-order valence-electron chi connectivity index (χ4n) is 1.87. The average Bonchev–Trinajstić information content (AvgIpc) is 2.45. The molecule has 2 aromatic rings. The number of aromatic nitrogens is 1. The second-order valence-corrected chi connectivity index (χ2v) is 6.61. The lowest BCUT2D eigenvalue weighted by Crippen LogP contribution is -2.23. The number of rotatable bonds is 5. The summed E-state index contributed by atoms with van der Waals surface area (Å²) in [7, 11) is -3.53. The molecular weight excluding hydrogens is 302 g/mol. The van der Waals surface area contributed by atoms with Gasteiger partial charge in [0.2, 0.25) is 10.0 Å². The highest BCUT2D eigenvalue weighted by Crippen LogP contribution is 2.07. The Labute approximate surface area is 129 Å². The van der Waals surface area contributed by atoms with E-state index in [9.17, 15) is 13.2 Å². The van der Waals surface area contributed by atoms with Crippen molar-refractivity contribution in [2.45, 2.75) is 19.2 Å². The molecule has 22 heavy (non-hydrogen) atoms. The molecule has 0 aliphatic rings. The molecule has 0 saturated heterocycles. The van der Waals surface area contributed by atoms with Gasteiger partial charge in [-0.2, -0.15) is 0 Å². The monoisotopic (exact) mass is 319 g/mol. The lowest BCUT2D eigenvalue weighted by molar-refractivity contribution is 0.0950. The van der Waals surface area contributed by atoms with E-state index >= 15 is 0 Å². The third-order valence-electron chi connectivity index (χ3n) is 3.02. The number of nitrogens with two attached hydrogens (primary N) is 1. The van der Waals surface area contributed by atoms with Crippen LogP contribution in [0.2, 0.25) is 0 Å². The van der Waals surface area contributed by atoms with Crippen LogP contribution in [0, 0.1) is 6.92 Å². The van der Waals surface area contributed by atoms with Crippen molar-refractivity contribution in [3.8, 4) is 0 Å². The SMILES string of the molecule is Cc1ccc(C(=O)NCc2ccc(CS(N)(=O)=O)cc2)cn1. The lowest BCUT2D eigenvalue weighted by atomic mass is 10.1. The maximum atomic E-state index is 11.9. The number of benzene rings is 1. The van der Waals surface area contributed by atoms with Gasteiger partial charge in [0.05, 0.1) is 11.3 Å². The van der Waals surface area contributed by atoms with Crippen molar-refractivity contribution in [3.63, 3.8) is 0 Å². The molecule has 1 amide bonds. The molecule has 1 aromatic heterocycles. The molecule has 7 heteroatoms. The van der Waals surface area contributed by atoms with Crippen molar-refractivity contribution in [2.24, 2.45) is 5.14 Å². The highest BCUT2D eigenvalue weighted by atomic mass is 32.2. The Kier molecular flexibility index (Phi) is 4.89. The zero-order valence-electron chi connectivity index (χ0n) is 12.1.